The van der Waals surface area contributed by atoms with E-state index in [0.29, 0.717) is 27.5 Å². The van der Waals surface area contributed by atoms with Crippen molar-refractivity contribution in [3.05, 3.63) is 50.7 Å². The standard InChI is InChI=1S/C23H25ClN10O4S2/c1-32-5-4-16-18(12-32)39-22(27-16)23(36)34-7-6-33(11-17(34)21(35)25-10-19-28-30-31-29-19)40(37,38)20-9-13-8-14(24)2-3-15(13)26-20/h2-3,8-9,17,26H,4-7,10-12H2,1H3,(H,25,35)(H,28,29,30,31). The lowest BCUT2D eigenvalue weighted by Crippen LogP contribution is -2.61. The number of nitrogens with one attached hydrogen (secondary N) is 3. The zero-order valence-electron chi connectivity index (χ0n) is 21.3. The number of carbonyl (C=O) groups excluding carboxylic acids is 2. The van der Waals surface area contributed by atoms with E-state index in [1.807, 2.05) is 7.05 Å². The SMILES string of the molecule is CN1CCc2nc(C(=O)N3CCN(S(=O)(=O)c4cc5cc(Cl)ccc5[nH]4)CC3C(=O)NCc3nn[nH]n3)sc2C1. The minimum atomic E-state index is -4.02. The van der Waals surface area contributed by atoms with Crippen molar-refractivity contribution in [2.24, 2.45) is 0 Å². The number of sulfonamides is 1. The minimum absolute atomic E-state index is 0.00659. The summed E-state index contributed by atoms with van der Waals surface area (Å²) in [5, 5.41) is 17.5. The van der Waals surface area contributed by atoms with Crippen molar-refractivity contribution in [3.63, 3.8) is 0 Å². The van der Waals surface area contributed by atoms with Gasteiger partial charge in [-0.05, 0) is 31.3 Å². The topological polar surface area (TPSA) is 173 Å². The van der Waals surface area contributed by atoms with Crippen LogP contribution in [-0.2, 0) is 34.3 Å². The first-order chi connectivity index (χ1) is 19.2. The number of carbonyl (C=O) groups is 2. The Kier molecular flexibility index (Phi) is 7.03. The van der Waals surface area contributed by atoms with Gasteiger partial charge in [-0.25, -0.2) is 13.4 Å². The zero-order valence-corrected chi connectivity index (χ0v) is 23.7. The Morgan fingerprint density at radius 2 is 2.08 bits per heavy atom. The molecule has 3 N–H and O–H groups in total. The van der Waals surface area contributed by atoms with Crippen molar-refractivity contribution in [2.75, 3.05) is 33.2 Å². The van der Waals surface area contributed by atoms with Gasteiger partial charge in [-0.3, -0.25) is 9.59 Å². The lowest BCUT2D eigenvalue weighted by Gasteiger charge is -2.39. The highest BCUT2D eigenvalue weighted by atomic mass is 35.5. The molecule has 4 aromatic rings. The molecule has 0 spiro atoms. The Labute approximate surface area is 237 Å². The Morgan fingerprint density at radius 1 is 1.23 bits per heavy atom. The van der Waals surface area contributed by atoms with Gasteiger partial charge in [-0.2, -0.15) is 9.52 Å². The number of hydrogen-bond acceptors (Lipinski definition) is 10. The number of nitrogens with zero attached hydrogens (tertiary/aromatic N) is 7. The summed E-state index contributed by atoms with van der Waals surface area (Å²) >= 11 is 7.39. The number of fused-ring (bicyclic) bond motifs is 2. The lowest BCUT2D eigenvalue weighted by molar-refractivity contribution is -0.127. The molecule has 40 heavy (non-hydrogen) atoms. The van der Waals surface area contributed by atoms with Crippen LogP contribution in [0.15, 0.2) is 29.3 Å². The van der Waals surface area contributed by atoms with E-state index in [0.717, 1.165) is 23.5 Å². The van der Waals surface area contributed by atoms with Crippen molar-refractivity contribution < 1.29 is 18.0 Å². The van der Waals surface area contributed by atoms with E-state index in [1.54, 1.807) is 18.2 Å². The van der Waals surface area contributed by atoms with Crippen molar-refractivity contribution in [3.8, 4) is 0 Å². The van der Waals surface area contributed by atoms with Gasteiger partial charge in [-0.1, -0.05) is 16.8 Å². The van der Waals surface area contributed by atoms with Gasteiger partial charge in [0.1, 0.15) is 11.1 Å². The Balaban J connectivity index is 1.27. The summed E-state index contributed by atoms with van der Waals surface area (Å²) in [5.74, 6) is -0.693. The summed E-state index contributed by atoms with van der Waals surface area (Å²) in [4.78, 5) is 39.2. The van der Waals surface area contributed by atoms with Crippen molar-refractivity contribution >= 4 is 55.7 Å². The Bertz CT molecular complexity index is 1690. The van der Waals surface area contributed by atoms with E-state index in [9.17, 15) is 18.0 Å². The number of piperazine rings is 1. The molecule has 0 saturated carbocycles. The lowest BCUT2D eigenvalue weighted by atomic mass is 10.1. The molecule has 1 unspecified atom stereocenters. The molecule has 1 fully saturated rings. The number of hydrogen-bond donors (Lipinski definition) is 3. The highest BCUT2D eigenvalue weighted by molar-refractivity contribution is 7.89. The van der Waals surface area contributed by atoms with Gasteiger partial charge < -0.3 is 20.1 Å². The molecule has 0 radical (unpaired) electrons. The van der Waals surface area contributed by atoms with Crippen molar-refractivity contribution in [2.45, 2.75) is 30.6 Å². The number of amides is 2. The molecular formula is C23H25ClN10O4S2. The normalized spacial score (nSPS) is 18.6. The highest BCUT2D eigenvalue weighted by Gasteiger charge is 2.41. The number of H-pyrrole nitrogens is 2. The number of likely N-dealkylation sites (N-methyl/N-ethyl adjacent to an activating group) is 1. The maximum atomic E-state index is 13.7. The predicted molar refractivity (Wildman–Crippen MR) is 145 cm³/mol. The van der Waals surface area contributed by atoms with Crippen molar-refractivity contribution in [1.29, 1.82) is 0 Å². The van der Waals surface area contributed by atoms with Gasteiger partial charge in [0, 0.05) is 59.9 Å². The summed E-state index contributed by atoms with van der Waals surface area (Å²) in [6.07, 6.45) is 0.742. The molecule has 2 aliphatic rings. The van der Waals surface area contributed by atoms with Crippen LogP contribution in [-0.4, -0.2) is 104 Å². The van der Waals surface area contributed by atoms with Crippen LogP contribution in [0, 0.1) is 0 Å². The van der Waals surface area contributed by atoms with Crippen LogP contribution in [0.2, 0.25) is 5.02 Å². The van der Waals surface area contributed by atoms with E-state index >= 15 is 0 Å². The summed E-state index contributed by atoms with van der Waals surface area (Å²) in [5.41, 5.74) is 1.51. The average molecular weight is 605 g/mol. The number of thiazole rings is 1. The fraction of sp³-hybridized carbons (Fsp3) is 0.391. The highest BCUT2D eigenvalue weighted by Crippen LogP contribution is 2.29. The molecule has 2 aliphatic heterocycles. The predicted octanol–water partition coefficient (Wildman–Crippen LogP) is 0.611. The van der Waals surface area contributed by atoms with E-state index in [1.165, 1.54) is 26.6 Å². The monoisotopic (exact) mass is 604 g/mol. The van der Waals surface area contributed by atoms with Crippen LogP contribution < -0.4 is 5.32 Å². The van der Waals surface area contributed by atoms with Crippen LogP contribution in [0.1, 0.15) is 26.2 Å². The first-order valence-corrected chi connectivity index (χ1v) is 15.1. The third kappa shape index (κ3) is 5.08. The molecule has 1 saturated heterocycles. The second-order valence-corrected chi connectivity index (χ2v) is 13.1. The van der Waals surface area contributed by atoms with E-state index in [2.05, 4.69) is 40.8 Å². The summed E-state index contributed by atoms with van der Waals surface area (Å²) in [6, 6.07) is 5.44. The largest absolute Gasteiger partial charge is 0.347 e. The molecule has 210 valence electrons. The molecule has 3 aromatic heterocycles. The fourth-order valence-electron chi connectivity index (χ4n) is 4.88. The quantitative estimate of drug-likeness (QED) is 0.285. The van der Waals surface area contributed by atoms with Crippen LogP contribution in [0.5, 0.6) is 0 Å². The van der Waals surface area contributed by atoms with Gasteiger partial charge >= 0.3 is 0 Å². The molecule has 6 rings (SSSR count). The van der Waals surface area contributed by atoms with Crippen LogP contribution in [0.4, 0.5) is 0 Å². The van der Waals surface area contributed by atoms with Gasteiger partial charge in [0.15, 0.2) is 10.8 Å². The van der Waals surface area contributed by atoms with Gasteiger partial charge in [0.25, 0.3) is 15.9 Å². The number of halogens is 1. The molecular weight excluding hydrogens is 580 g/mol. The fourth-order valence-corrected chi connectivity index (χ4v) is 7.65. The van der Waals surface area contributed by atoms with Crippen molar-refractivity contribution in [1.82, 2.24) is 50.0 Å². The molecule has 1 atom stereocenters. The number of aromatic nitrogens is 6. The van der Waals surface area contributed by atoms with E-state index < -0.39 is 27.9 Å². The van der Waals surface area contributed by atoms with Crippen LogP contribution in [0.3, 0.4) is 0 Å². The van der Waals surface area contributed by atoms with Crippen LogP contribution in [0.25, 0.3) is 10.9 Å². The third-order valence-corrected chi connectivity index (χ3v) is 10.1. The molecule has 17 heteroatoms. The Morgan fingerprint density at radius 3 is 2.88 bits per heavy atom. The summed E-state index contributed by atoms with van der Waals surface area (Å²) in [7, 11) is -2.02. The molecule has 0 aliphatic carbocycles. The number of tetrazole rings is 1. The second kappa shape index (κ2) is 10.5. The molecule has 2 amide bonds. The van der Waals surface area contributed by atoms with Gasteiger partial charge in [0.05, 0.1) is 12.2 Å². The minimum Gasteiger partial charge on any atom is -0.347 e. The van der Waals surface area contributed by atoms with Gasteiger partial charge in [0.2, 0.25) is 5.91 Å². The number of benzene rings is 1. The summed E-state index contributed by atoms with van der Waals surface area (Å²) < 4.78 is 28.5. The first kappa shape index (κ1) is 26.8. The molecule has 0 bridgehead atoms. The number of rotatable bonds is 6. The smallest absolute Gasteiger partial charge is 0.283 e. The molecule has 5 heterocycles. The van der Waals surface area contributed by atoms with Gasteiger partial charge in [-0.15, -0.1) is 21.5 Å². The third-order valence-electron chi connectivity index (χ3n) is 7.00. The maximum absolute atomic E-state index is 13.7. The summed E-state index contributed by atoms with van der Waals surface area (Å²) in [6.45, 7) is 1.29. The maximum Gasteiger partial charge on any atom is 0.283 e. The van der Waals surface area contributed by atoms with E-state index in [-0.39, 0.29) is 37.0 Å². The van der Waals surface area contributed by atoms with Crippen LogP contribution >= 0.6 is 22.9 Å². The number of aromatic amines is 2. The average Bonchev–Trinajstić information content (AvgIpc) is 3.70. The second-order valence-electron chi connectivity index (χ2n) is 9.67. The zero-order chi connectivity index (χ0) is 28.0. The molecule has 14 nitrogen and oxygen atoms in total. The molecule has 1 aromatic carbocycles. The Hall–Kier alpha value is -3.44. The first-order valence-electron chi connectivity index (χ1n) is 12.5. The van der Waals surface area contributed by atoms with E-state index in [4.69, 9.17) is 11.6 Å².